The molecule has 0 unspecified atom stereocenters. The number of anilines is 3. The predicted molar refractivity (Wildman–Crippen MR) is 285 cm³/mol. The summed E-state index contributed by atoms with van der Waals surface area (Å²) in [6.07, 6.45) is 0. The van der Waals surface area contributed by atoms with Crippen molar-refractivity contribution in [3.05, 3.63) is 255 Å². The van der Waals surface area contributed by atoms with E-state index in [4.69, 9.17) is 15.0 Å². The summed E-state index contributed by atoms with van der Waals surface area (Å²) in [7, 11) is 0. The van der Waals surface area contributed by atoms with Crippen LogP contribution in [-0.4, -0.2) is 15.0 Å². The minimum atomic E-state index is 0.614. The van der Waals surface area contributed by atoms with E-state index < -0.39 is 0 Å². The van der Waals surface area contributed by atoms with Crippen LogP contribution in [0.3, 0.4) is 0 Å². The summed E-state index contributed by atoms with van der Waals surface area (Å²) in [6.45, 7) is 0. The van der Waals surface area contributed by atoms with Crippen LogP contribution < -0.4 is 4.90 Å². The molecular formula is C63H42N4S. The number of benzene rings is 10. The number of thiophene rings is 1. The van der Waals surface area contributed by atoms with Crippen LogP contribution in [0, 0.1) is 0 Å². The van der Waals surface area contributed by atoms with Crippen LogP contribution in [0.25, 0.3) is 98.8 Å². The zero-order chi connectivity index (χ0) is 45.2. The Balaban J connectivity index is 1.07. The maximum atomic E-state index is 5.11. The lowest BCUT2D eigenvalue weighted by molar-refractivity contribution is 1.07. The van der Waals surface area contributed by atoms with E-state index in [2.05, 4.69) is 199 Å². The molecule has 5 heteroatoms. The highest BCUT2D eigenvalue weighted by molar-refractivity contribution is 7.25. The van der Waals surface area contributed by atoms with Gasteiger partial charge in [0.25, 0.3) is 0 Å². The Morgan fingerprint density at radius 2 is 0.721 bits per heavy atom. The minimum absolute atomic E-state index is 0.614. The van der Waals surface area contributed by atoms with E-state index in [1.165, 1.54) is 25.7 Å². The molecule has 12 aromatic rings. The van der Waals surface area contributed by atoms with E-state index in [-0.39, 0.29) is 0 Å². The van der Waals surface area contributed by atoms with Crippen molar-refractivity contribution in [1.29, 1.82) is 0 Å². The molecule has 0 fully saturated rings. The lowest BCUT2D eigenvalue weighted by Gasteiger charge is -2.29. The highest BCUT2D eigenvalue weighted by Gasteiger charge is 2.21. The van der Waals surface area contributed by atoms with E-state index >= 15 is 0 Å². The maximum absolute atomic E-state index is 5.11. The molecule has 4 nitrogen and oxygen atoms in total. The molecule has 12 rings (SSSR count). The molecule has 10 aromatic carbocycles. The van der Waals surface area contributed by atoms with Gasteiger partial charge in [-0.1, -0.05) is 194 Å². The zero-order valence-corrected chi connectivity index (χ0v) is 37.8. The van der Waals surface area contributed by atoms with Gasteiger partial charge in [-0.25, -0.2) is 15.0 Å². The van der Waals surface area contributed by atoms with Crippen LogP contribution in [-0.2, 0) is 0 Å². The van der Waals surface area contributed by atoms with E-state index in [0.29, 0.717) is 17.5 Å². The highest BCUT2D eigenvalue weighted by atomic mass is 32.1. The molecule has 2 aromatic heterocycles. The number of nitrogens with zero attached hydrogens (tertiary/aromatic N) is 4. The molecule has 0 N–H and O–H groups in total. The van der Waals surface area contributed by atoms with Crippen molar-refractivity contribution in [2.45, 2.75) is 0 Å². The quantitative estimate of drug-likeness (QED) is 0.137. The molecule has 0 saturated heterocycles. The Morgan fingerprint density at radius 3 is 1.38 bits per heavy atom. The maximum Gasteiger partial charge on any atom is 0.164 e. The second kappa shape index (κ2) is 17.9. The fourth-order valence-electron chi connectivity index (χ4n) is 9.15. The lowest BCUT2D eigenvalue weighted by Crippen LogP contribution is -2.11. The van der Waals surface area contributed by atoms with E-state index in [1.807, 2.05) is 72.0 Å². The minimum Gasteiger partial charge on any atom is -0.310 e. The number of hydrogen-bond acceptors (Lipinski definition) is 5. The average Bonchev–Trinajstić information content (AvgIpc) is 3.80. The van der Waals surface area contributed by atoms with Crippen molar-refractivity contribution < 1.29 is 0 Å². The number of para-hydroxylation sites is 1. The summed E-state index contributed by atoms with van der Waals surface area (Å²) in [4.78, 5) is 17.6. The number of hydrogen-bond donors (Lipinski definition) is 0. The smallest absolute Gasteiger partial charge is 0.164 e. The molecule has 320 valence electrons. The number of aromatic nitrogens is 3. The second-order valence-corrected chi connectivity index (χ2v) is 17.9. The SMILES string of the molecule is c1ccc(-c2ccc(N(c3cc(-c4cccc(-c5nc(-c6ccccc6)nc(-c6ccccc6)n5)c4)cc(-c4ccc5sc6ccccc6c5c4)c3)c3ccccc3-c3ccccc3)cc2)cc1. The van der Waals surface area contributed by atoms with Crippen LogP contribution in [0.1, 0.15) is 0 Å². The molecule has 0 atom stereocenters. The predicted octanol–water partition coefficient (Wildman–Crippen LogP) is 17.4. The van der Waals surface area contributed by atoms with Gasteiger partial charge in [-0.3, -0.25) is 0 Å². The second-order valence-electron chi connectivity index (χ2n) is 16.8. The van der Waals surface area contributed by atoms with Crippen LogP contribution in [0.5, 0.6) is 0 Å². The molecule has 0 aliphatic heterocycles. The Bertz CT molecular complexity index is 3660. The van der Waals surface area contributed by atoms with Gasteiger partial charge >= 0.3 is 0 Å². The first-order valence-electron chi connectivity index (χ1n) is 22.8. The summed E-state index contributed by atoms with van der Waals surface area (Å²) in [6, 6.07) is 90.5. The molecule has 0 spiro atoms. The molecule has 68 heavy (non-hydrogen) atoms. The van der Waals surface area contributed by atoms with Gasteiger partial charge in [-0.15, -0.1) is 11.3 Å². The molecule has 0 amide bonds. The normalized spacial score (nSPS) is 11.2. The van der Waals surface area contributed by atoms with Crippen LogP contribution in [0.15, 0.2) is 255 Å². The zero-order valence-electron chi connectivity index (χ0n) is 36.9. The number of rotatable bonds is 10. The lowest BCUT2D eigenvalue weighted by atomic mass is 9.95. The van der Waals surface area contributed by atoms with Crippen molar-refractivity contribution in [2.75, 3.05) is 4.90 Å². The molecule has 2 heterocycles. The summed E-state index contributed by atoms with van der Waals surface area (Å²) >= 11 is 1.84. The molecule has 0 bridgehead atoms. The highest BCUT2D eigenvalue weighted by Crippen LogP contribution is 2.45. The summed E-state index contributed by atoms with van der Waals surface area (Å²) in [5.74, 6) is 1.88. The summed E-state index contributed by atoms with van der Waals surface area (Å²) in [5.41, 5.74) is 14.9. The Labute approximate surface area is 399 Å². The van der Waals surface area contributed by atoms with E-state index in [9.17, 15) is 0 Å². The molecule has 0 radical (unpaired) electrons. The van der Waals surface area contributed by atoms with E-state index in [0.717, 1.165) is 72.7 Å². The van der Waals surface area contributed by atoms with Gasteiger partial charge in [0.1, 0.15) is 0 Å². The third-order valence-electron chi connectivity index (χ3n) is 12.5. The van der Waals surface area contributed by atoms with Gasteiger partial charge in [0.15, 0.2) is 17.5 Å². The van der Waals surface area contributed by atoms with Gasteiger partial charge in [-0.05, 0) is 99.6 Å². The Kier molecular flexibility index (Phi) is 10.7. The van der Waals surface area contributed by atoms with Crippen molar-refractivity contribution in [1.82, 2.24) is 15.0 Å². The van der Waals surface area contributed by atoms with Gasteiger partial charge < -0.3 is 4.90 Å². The first kappa shape index (κ1) is 40.7. The van der Waals surface area contributed by atoms with Crippen LogP contribution in [0.4, 0.5) is 17.1 Å². The van der Waals surface area contributed by atoms with Crippen molar-refractivity contribution in [3.8, 4) is 78.7 Å². The fraction of sp³-hybridized carbons (Fsp3) is 0. The topological polar surface area (TPSA) is 41.9 Å². The van der Waals surface area contributed by atoms with Crippen molar-refractivity contribution in [3.63, 3.8) is 0 Å². The molecule has 0 saturated carbocycles. The van der Waals surface area contributed by atoms with Crippen LogP contribution >= 0.6 is 11.3 Å². The van der Waals surface area contributed by atoms with Gasteiger partial charge in [0, 0.05) is 53.8 Å². The first-order chi connectivity index (χ1) is 33.7. The van der Waals surface area contributed by atoms with E-state index in [1.54, 1.807) is 0 Å². The fourth-order valence-corrected chi connectivity index (χ4v) is 10.2. The summed E-state index contributed by atoms with van der Waals surface area (Å²) in [5, 5.41) is 2.54. The number of fused-ring (bicyclic) bond motifs is 3. The van der Waals surface area contributed by atoms with Crippen molar-refractivity contribution in [2.24, 2.45) is 0 Å². The van der Waals surface area contributed by atoms with Crippen molar-refractivity contribution >= 4 is 48.6 Å². The Morgan fingerprint density at radius 1 is 0.265 bits per heavy atom. The van der Waals surface area contributed by atoms with Gasteiger partial charge in [-0.2, -0.15) is 0 Å². The largest absolute Gasteiger partial charge is 0.310 e. The summed E-state index contributed by atoms with van der Waals surface area (Å²) < 4.78 is 2.57. The molecule has 0 aliphatic carbocycles. The molecular weight excluding hydrogens is 845 g/mol. The Hall–Kier alpha value is -8.77. The van der Waals surface area contributed by atoms with Gasteiger partial charge in [0.2, 0.25) is 0 Å². The molecule has 0 aliphatic rings. The first-order valence-corrected chi connectivity index (χ1v) is 23.6. The third kappa shape index (κ3) is 8.02. The monoisotopic (exact) mass is 886 g/mol. The third-order valence-corrected chi connectivity index (χ3v) is 13.7. The average molecular weight is 887 g/mol. The van der Waals surface area contributed by atoms with Gasteiger partial charge in [0.05, 0.1) is 5.69 Å². The van der Waals surface area contributed by atoms with Crippen LogP contribution in [0.2, 0.25) is 0 Å². The standard InChI is InChI=1S/C63H42N4S/c1-5-18-43(19-6-1)44-32-35-53(36-33-44)67(58-30-15-13-28-55(58)45-20-7-2-8-21-45)54-40-51(39-52(41-54)49-34-37-60-57(42-49)56-29-14-16-31-59(56)68-60)48-26-17-27-50(38-48)63-65-61(46-22-9-3-10-23-46)64-62(66-63)47-24-11-4-12-25-47/h1-42H.